The van der Waals surface area contributed by atoms with Crippen LogP contribution in [0.3, 0.4) is 0 Å². The summed E-state index contributed by atoms with van der Waals surface area (Å²) >= 11 is 1.57. The average Bonchev–Trinajstić information content (AvgIpc) is 3.32. The predicted molar refractivity (Wildman–Crippen MR) is 108 cm³/mol. The van der Waals surface area contributed by atoms with Gasteiger partial charge in [-0.15, -0.1) is 0 Å². The number of carbonyl (C=O) groups is 1. The number of fused-ring (bicyclic) bond motifs is 1. The van der Waals surface area contributed by atoms with Crippen molar-refractivity contribution in [2.24, 2.45) is 5.41 Å². The Morgan fingerprint density at radius 2 is 2.07 bits per heavy atom. The van der Waals surface area contributed by atoms with Gasteiger partial charge in [-0.25, -0.2) is 4.79 Å². The van der Waals surface area contributed by atoms with Gasteiger partial charge in [-0.1, -0.05) is 6.07 Å². The lowest BCUT2D eigenvalue weighted by Gasteiger charge is -2.54. The van der Waals surface area contributed by atoms with Gasteiger partial charge in [0, 0.05) is 36.8 Å². The second kappa shape index (κ2) is 6.83. The fraction of sp³-hybridized carbons (Fsp3) is 0.524. The summed E-state index contributed by atoms with van der Waals surface area (Å²) in [6.07, 6.45) is 3.70. The lowest BCUT2D eigenvalue weighted by atomic mass is 9.72. The number of β-amino-alcohol motifs (C(OH)–C–C–N with tert-alkyl or cyclic N) is 1. The molecule has 148 valence electrons. The number of piperidine rings is 1. The topological polar surface area (TPSA) is 65.9 Å². The third-order valence-corrected chi connectivity index (χ3v) is 7.51. The lowest BCUT2D eigenvalue weighted by Crippen LogP contribution is -2.60. The highest BCUT2D eigenvalue weighted by Gasteiger charge is 2.45. The lowest BCUT2D eigenvalue weighted by molar-refractivity contribution is 0.0429. The van der Waals surface area contributed by atoms with Crippen LogP contribution < -0.4 is 4.90 Å². The van der Waals surface area contributed by atoms with Crippen LogP contribution in [0.15, 0.2) is 24.4 Å². The predicted octanol–water partition coefficient (Wildman–Crippen LogP) is 2.76. The zero-order chi connectivity index (χ0) is 19.3. The van der Waals surface area contributed by atoms with Crippen molar-refractivity contribution in [3.63, 3.8) is 0 Å². The quantitative estimate of drug-likeness (QED) is 0.798. The molecule has 5 rings (SSSR count). The number of rotatable bonds is 4. The van der Waals surface area contributed by atoms with Gasteiger partial charge in [-0.3, -0.25) is 0 Å². The number of esters is 1. The Balaban J connectivity index is 1.18. The molecule has 3 aliphatic rings. The smallest absolute Gasteiger partial charge is 0.338 e. The number of aliphatic hydroxyl groups excluding tert-OH is 1. The maximum atomic E-state index is 11.7. The summed E-state index contributed by atoms with van der Waals surface area (Å²) in [5, 5.41) is 12.1. The van der Waals surface area contributed by atoms with Gasteiger partial charge in [0.05, 0.1) is 11.7 Å². The van der Waals surface area contributed by atoms with Crippen molar-refractivity contribution in [1.29, 1.82) is 0 Å². The zero-order valence-corrected chi connectivity index (χ0v) is 16.9. The van der Waals surface area contributed by atoms with Gasteiger partial charge in [-0.05, 0) is 67.6 Å². The molecule has 2 saturated heterocycles. The molecule has 0 saturated carbocycles. The zero-order valence-electron chi connectivity index (χ0n) is 16.1. The van der Waals surface area contributed by atoms with E-state index in [-0.39, 0.29) is 5.97 Å². The van der Waals surface area contributed by atoms with Gasteiger partial charge in [0.2, 0.25) is 0 Å². The summed E-state index contributed by atoms with van der Waals surface area (Å²) in [6.45, 7) is 7.25. The number of carbonyl (C=O) groups excluding carboxylic acids is 1. The molecule has 7 heteroatoms. The monoisotopic (exact) mass is 399 g/mol. The highest BCUT2D eigenvalue weighted by atomic mass is 32.1. The molecule has 0 amide bonds. The van der Waals surface area contributed by atoms with E-state index in [4.69, 9.17) is 4.74 Å². The van der Waals surface area contributed by atoms with Gasteiger partial charge < -0.3 is 19.6 Å². The molecule has 0 aliphatic carbocycles. The molecular weight excluding hydrogens is 374 g/mol. The first-order valence-corrected chi connectivity index (χ1v) is 10.7. The number of cyclic esters (lactones) is 1. The molecule has 2 fully saturated rings. The van der Waals surface area contributed by atoms with Crippen molar-refractivity contribution in [3.8, 4) is 0 Å². The van der Waals surface area contributed by atoms with E-state index in [1.807, 2.05) is 19.2 Å². The molecule has 1 N–H and O–H groups in total. The van der Waals surface area contributed by atoms with E-state index in [9.17, 15) is 9.90 Å². The molecule has 0 radical (unpaired) electrons. The van der Waals surface area contributed by atoms with E-state index in [0.717, 1.165) is 42.9 Å². The van der Waals surface area contributed by atoms with Crippen LogP contribution >= 0.6 is 11.5 Å². The van der Waals surface area contributed by atoms with Gasteiger partial charge in [0.15, 0.2) is 0 Å². The fourth-order valence-corrected chi connectivity index (χ4v) is 5.49. The molecule has 3 aliphatic heterocycles. The normalized spacial score (nSPS) is 22.1. The second-order valence-corrected chi connectivity index (χ2v) is 9.22. The Morgan fingerprint density at radius 3 is 2.79 bits per heavy atom. The van der Waals surface area contributed by atoms with Crippen LogP contribution in [0.1, 0.15) is 46.0 Å². The molecule has 6 nitrogen and oxygen atoms in total. The third kappa shape index (κ3) is 3.02. The third-order valence-electron chi connectivity index (χ3n) is 6.70. The summed E-state index contributed by atoms with van der Waals surface area (Å²) in [6, 6.07) is 5.78. The van der Waals surface area contributed by atoms with Crippen LogP contribution in [0, 0.1) is 12.3 Å². The molecule has 1 atom stereocenters. The van der Waals surface area contributed by atoms with Crippen LogP contribution in [-0.2, 0) is 11.3 Å². The molecular formula is C21H25N3O3S. The molecule has 4 heterocycles. The number of anilines is 1. The maximum absolute atomic E-state index is 11.7. The number of nitrogens with zero attached hydrogens (tertiary/aromatic N) is 3. The number of hydrogen-bond donors (Lipinski definition) is 1. The van der Waals surface area contributed by atoms with E-state index < -0.39 is 6.10 Å². The number of hydrogen-bond acceptors (Lipinski definition) is 7. The van der Waals surface area contributed by atoms with Gasteiger partial charge in [-0.2, -0.15) is 4.37 Å². The number of aliphatic hydroxyl groups is 1. The minimum Gasteiger partial charge on any atom is -0.457 e. The summed E-state index contributed by atoms with van der Waals surface area (Å²) < 4.78 is 9.33. The van der Waals surface area contributed by atoms with Crippen molar-refractivity contribution in [2.75, 3.05) is 37.6 Å². The summed E-state index contributed by atoms with van der Waals surface area (Å²) in [5.41, 5.74) is 3.91. The summed E-state index contributed by atoms with van der Waals surface area (Å²) in [7, 11) is 0. The number of benzene rings is 1. The molecule has 0 unspecified atom stereocenters. The van der Waals surface area contributed by atoms with E-state index in [1.165, 1.54) is 17.8 Å². The Morgan fingerprint density at radius 1 is 1.29 bits per heavy atom. The first kappa shape index (κ1) is 18.1. The van der Waals surface area contributed by atoms with Crippen molar-refractivity contribution in [3.05, 3.63) is 46.6 Å². The Kier molecular flexibility index (Phi) is 4.41. The van der Waals surface area contributed by atoms with Gasteiger partial charge >= 0.3 is 5.97 Å². The number of aromatic nitrogens is 1. The van der Waals surface area contributed by atoms with E-state index in [1.54, 1.807) is 17.6 Å². The van der Waals surface area contributed by atoms with Crippen LogP contribution in [0.25, 0.3) is 0 Å². The number of likely N-dealkylation sites (tertiary alicyclic amines) is 1. The van der Waals surface area contributed by atoms with Crippen molar-refractivity contribution < 1.29 is 14.6 Å². The van der Waals surface area contributed by atoms with Gasteiger partial charge in [0.25, 0.3) is 0 Å². The van der Waals surface area contributed by atoms with Crippen LogP contribution in [0.4, 0.5) is 5.00 Å². The Bertz CT molecular complexity index is 883. The summed E-state index contributed by atoms with van der Waals surface area (Å²) in [5.74, 6) is -0.256. The highest BCUT2D eigenvalue weighted by molar-refractivity contribution is 7.10. The first-order chi connectivity index (χ1) is 13.5. The molecule has 1 spiro atoms. The standard InChI is InChI=1S/C21H25N3O3S/c1-14-15(2-3-16-17(14)11-27-20(16)26)18(25)10-23-8-5-21(6-9-23)12-24(13-21)19-4-7-22-28-19/h2-4,7,18,25H,5-6,8-13H2,1H3/t18-/m0/s1. The average molecular weight is 400 g/mol. The maximum Gasteiger partial charge on any atom is 0.338 e. The SMILES string of the molecule is Cc1c([C@@H](O)CN2CCC3(CC2)CN(c2ccns2)C3)ccc2c1COC2=O. The van der Waals surface area contributed by atoms with Crippen molar-refractivity contribution in [2.45, 2.75) is 32.5 Å². The van der Waals surface area contributed by atoms with E-state index in [2.05, 4.69) is 20.2 Å². The van der Waals surface area contributed by atoms with Crippen LogP contribution in [0.2, 0.25) is 0 Å². The fourth-order valence-electron chi connectivity index (χ4n) is 4.89. The minimum atomic E-state index is -0.537. The van der Waals surface area contributed by atoms with Crippen LogP contribution in [-0.4, -0.2) is 53.1 Å². The van der Waals surface area contributed by atoms with Crippen LogP contribution in [0.5, 0.6) is 0 Å². The van der Waals surface area contributed by atoms with Crippen molar-refractivity contribution >= 4 is 22.5 Å². The molecule has 2 aromatic rings. The largest absolute Gasteiger partial charge is 0.457 e. The van der Waals surface area contributed by atoms with Crippen molar-refractivity contribution in [1.82, 2.24) is 9.27 Å². The minimum absolute atomic E-state index is 0.256. The first-order valence-electron chi connectivity index (χ1n) is 9.90. The molecule has 1 aromatic heterocycles. The highest BCUT2D eigenvalue weighted by Crippen LogP contribution is 2.43. The Labute approximate surface area is 168 Å². The van der Waals surface area contributed by atoms with E-state index >= 15 is 0 Å². The van der Waals surface area contributed by atoms with Gasteiger partial charge in [0.1, 0.15) is 11.6 Å². The molecule has 28 heavy (non-hydrogen) atoms. The molecule has 1 aromatic carbocycles. The van der Waals surface area contributed by atoms with E-state index in [0.29, 0.717) is 24.1 Å². The second-order valence-electron chi connectivity index (χ2n) is 8.41. The summed E-state index contributed by atoms with van der Waals surface area (Å²) in [4.78, 5) is 16.5. The Hall–Kier alpha value is -1.96. The molecule has 0 bridgehead atoms. The number of ether oxygens (including phenoxy) is 1.